The fraction of sp³-hybridized carbons (Fsp3) is 0.267. The van der Waals surface area contributed by atoms with Crippen molar-refractivity contribution in [2.24, 2.45) is 0 Å². The summed E-state index contributed by atoms with van der Waals surface area (Å²) in [5.41, 5.74) is -0.498. The molecule has 0 aliphatic carbocycles. The van der Waals surface area contributed by atoms with Crippen LogP contribution in [0.3, 0.4) is 0 Å². The quantitative estimate of drug-likeness (QED) is 0.742. The molecule has 26 heavy (non-hydrogen) atoms. The number of halogens is 3. The summed E-state index contributed by atoms with van der Waals surface area (Å²) in [5, 5.41) is 12.6. The van der Waals surface area contributed by atoms with Crippen LogP contribution in [-0.2, 0) is 15.0 Å². The molecule has 0 aromatic heterocycles. The van der Waals surface area contributed by atoms with Crippen LogP contribution in [0.2, 0.25) is 0 Å². The van der Waals surface area contributed by atoms with Crippen LogP contribution in [-0.4, -0.2) is 38.4 Å². The van der Waals surface area contributed by atoms with Gasteiger partial charge in [-0.1, -0.05) is 6.07 Å². The number of nitrogens with zero attached hydrogens (tertiary/aromatic N) is 1. The Kier molecular flexibility index (Phi) is 4.14. The largest absolute Gasteiger partial charge is 0.506 e. The molecule has 0 unspecified atom stereocenters. The van der Waals surface area contributed by atoms with Crippen molar-refractivity contribution in [1.29, 1.82) is 0 Å². The normalized spacial score (nSPS) is 16.8. The zero-order valence-corrected chi connectivity index (χ0v) is 14.2. The number of benzene rings is 2. The average Bonchev–Trinajstić information content (AvgIpc) is 2.77. The Morgan fingerprint density at radius 3 is 2.62 bits per heavy atom. The molecule has 2 aromatic carbocycles. The number of alkyl halides is 2. The first-order valence-corrected chi connectivity index (χ1v) is 8.82. The lowest BCUT2D eigenvalue weighted by atomic mass is 10.1. The van der Waals surface area contributed by atoms with E-state index >= 15 is 0 Å². The second-order valence-corrected chi connectivity index (χ2v) is 7.55. The number of carbonyl (C=O) groups excluding carboxylic acids is 1. The van der Waals surface area contributed by atoms with Crippen LogP contribution >= 0.6 is 0 Å². The molecule has 1 amide bonds. The molecule has 11 heteroatoms. The Labute approximate surface area is 146 Å². The van der Waals surface area contributed by atoms with Crippen molar-refractivity contribution < 1.29 is 31.5 Å². The lowest BCUT2D eigenvalue weighted by molar-refractivity contribution is -0.117. The molecular formula is C15H14F3N3O4S. The molecule has 0 saturated carbocycles. The second kappa shape index (κ2) is 5.94. The van der Waals surface area contributed by atoms with Gasteiger partial charge < -0.3 is 10.4 Å². The van der Waals surface area contributed by atoms with Gasteiger partial charge in [0.25, 0.3) is 11.8 Å². The summed E-state index contributed by atoms with van der Waals surface area (Å²) in [6.07, 6.45) is 0. The Bertz CT molecular complexity index is 1010. The van der Waals surface area contributed by atoms with Gasteiger partial charge in [0.1, 0.15) is 18.0 Å². The summed E-state index contributed by atoms with van der Waals surface area (Å²) in [6.45, 7) is -0.637. The molecule has 7 nitrogen and oxygen atoms in total. The summed E-state index contributed by atoms with van der Waals surface area (Å²) < 4.78 is 66.8. The average molecular weight is 389 g/mol. The standard InChI is InChI=1S/C15H14F3N3O4S/c1-15(17,18)7-19-9-3-2-8-4-11(22)14(13(16)10(8)5-9)21-6-12(23)20-26(21,24)25/h2-5,19,22H,6-7H2,1H3,(H,20,23). The molecule has 0 spiro atoms. The molecule has 1 aliphatic heterocycles. The third-order valence-corrected chi connectivity index (χ3v) is 5.08. The molecule has 0 bridgehead atoms. The van der Waals surface area contributed by atoms with Crippen LogP contribution in [0.1, 0.15) is 6.92 Å². The summed E-state index contributed by atoms with van der Waals surface area (Å²) in [6, 6.07) is 5.16. The van der Waals surface area contributed by atoms with Crippen LogP contribution in [0.5, 0.6) is 5.75 Å². The van der Waals surface area contributed by atoms with Gasteiger partial charge in [-0.15, -0.1) is 0 Å². The van der Waals surface area contributed by atoms with E-state index in [1.807, 2.05) is 0 Å². The third kappa shape index (κ3) is 3.34. The van der Waals surface area contributed by atoms with E-state index in [-0.39, 0.29) is 16.5 Å². The minimum Gasteiger partial charge on any atom is -0.506 e. The molecule has 3 rings (SSSR count). The second-order valence-electron chi connectivity index (χ2n) is 5.95. The number of hydrogen-bond donors (Lipinski definition) is 3. The third-order valence-electron chi connectivity index (χ3n) is 3.70. The van der Waals surface area contributed by atoms with Crippen LogP contribution in [0.4, 0.5) is 24.5 Å². The number of rotatable bonds is 4. The smallest absolute Gasteiger partial charge is 0.326 e. The zero-order valence-electron chi connectivity index (χ0n) is 13.4. The Hall–Kier alpha value is -2.69. The van der Waals surface area contributed by atoms with Crippen LogP contribution in [0.25, 0.3) is 10.8 Å². The number of phenolic OH excluding ortho intramolecular Hbond substituents is 1. The predicted octanol–water partition coefficient (Wildman–Crippen LogP) is 1.93. The van der Waals surface area contributed by atoms with E-state index in [1.165, 1.54) is 18.2 Å². The Morgan fingerprint density at radius 2 is 2.04 bits per heavy atom. The van der Waals surface area contributed by atoms with E-state index in [0.717, 1.165) is 13.0 Å². The molecular weight excluding hydrogens is 375 g/mol. The van der Waals surface area contributed by atoms with E-state index in [2.05, 4.69) is 5.32 Å². The van der Waals surface area contributed by atoms with Gasteiger partial charge in [0, 0.05) is 18.0 Å². The maximum Gasteiger partial charge on any atom is 0.326 e. The number of anilines is 2. The van der Waals surface area contributed by atoms with Gasteiger partial charge in [-0.05, 0) is 23.6 Å². The summed E-state index contributed by atoms with van der Waals surface area (Å²) >= 11 is 0. The van der Waals surface area contributed by atoms with Gasteiger partial charge in [-0.2, -0.15) is 8.42 Å². The van der Waals surface area contributed by atoms with E-state index in [9.17, 15) is 31.5 Å². The zero-order chi connectivity index (χ0) is 19.3. The highest BCUT2D eigenvalue weighted by atomic mass is 32.2. The van der Waals surface area contributed by atoms with Crippen molar-refractivity contribution in [2.45, 2.75) is 12.8 Å². The minimum atomic E-state index is -4.32. The van der Waals surface area contributed by atoms with E-state index < -0.39 is 52.4 Å². The molecule has 2 aromatic rings. The number of hydrogen-bond acceptors (Lipinski definition) is 5. The summed E-state index contributed by atoms with van der Waals surface area (Å²) in [5.74, 6) is -5.61. The SMILES string of the molecule is CC(F)(F)CNc1ccc2cc(O)c(N3CC(=O)NS3(=O)=O)c(F)c2c1. The first-order valence-electron chi connectivity index (χ1n) is 7.38. The first-order chi connectivity index (χ1) is 12.0. The Balaban J connectivity index is 2.09. The van der Waals surface area contributed by atoms with Crippen molar-refractivity contribution in [3.8, 4) is 5.75 Å². The fourth-order valence-corrected chi connectivity index (χ4v) is 3.74. The molecule has 3 N–H and O–H groups in total. The van der Waals surface area contributed by atoms with Crippen LogP contribution in [0.15, 0.2) is 24.3 Å². The van der Waals surface area contributed by atoms with Crippen molar-refractivity contribution >= 4 is 38.3 Å². The van der Waals surface area contributed by atoms with Gasteiger partial charge in [0.2, 0.25) is 0 Å². The van der Waals surface area contributed by atoms with Gasteiger partial charge in [-0.25, -0.2) is 22.2 Å². The van der Waals surface area contributed by atoms with Gasteiger partial charge in [0.15, 0.2) is 5.82 Å². The highest BCUT2D eigenvalue weighted by Gasteiger charge is 2.37. The molecule has 1 saturated heterocycles. The fourth-order valence-electron chi connectivity index (χ4n) is 2.58. The summed E-state index contributed by atoms with van der Waals surface area (Å²) in [7, 11) is -4.32. The van der Waals surface area contributed by atoms with Gasteiger partial charge in [0.05, 0.1) is 6.54 Å². The van der Waals surface area contributed by atoms with Crippen molar-refractivity contribution in [2.75, 3.05) is 22.7 Å². The lowest BCUT2D eigenvalue weighted by Gasteiger charge is -2.19. The maximum atomic E-state index is 14.9. The topological polar surface area (TPSA) is 98.7 Å². The highest BCUT2D eigenvalue weighted by Crippen LogP contribution is 2.39. The predicted molar refractivity (Wildman–Crippen MR) is 89.1 cm³/mol. The van der Waals surface area contributed by atoms with Crippen molar-refractivity contribution in [3.05, 3.63) is 30.1 Å². The van der Waals surface area contributed by atoms with Gasteiger partial charge in [-0.3, -0.25) is 4.79 Å². The van der Waals surface area contributed by atoms with Crippen LogP contribution in [0, 0.1) is 5.82 Å². The number of amides is 1. The minimum absolute atomic E-state index is 0.100. The highest BCUT2D eigenvalue weighted by molar-refractivity contribution is 7.92. The molecule has 0 atom stereocenters. The number of carbonyl (C=O) groups is 1. The van der Waals surface area contributed by atoms with E-state index in [0.29, 0.717) is 4.31 Å². The monoisotopic (exact) mass is 389 g/mol. The molecule has 1 heterocycles. The number of fused-ring (bicyclic) bond motifs is 1. The van der Waals surface area contributed by atoms with Crippen LogP contribution < -0.4 is 14.3 Å². The summed E-state index contributed by atoms with van der Waals surface area (Å²) in [4.78, 5) is 11.3. The maximum absolute atomic E-state index is 14.9. The molecule has 0 radical (unpaired) electrons. The van der Waals surface area contributed by atoms with Crippen molar-refractivity contribution in [1.82, 2.24) is 4.72 Å². The first kappa shape index (κ1) is 18.1. The van der Waals surface area contributed by atoms with Crippen molar-refractivity contribution in [3.63, 3.8) is 0 Å². The Morgan fingerprint density at radius 1 is 1.35 bits per heavy atom. The van der Waals surface area contributed by atoms with Gasteiger partial charge >= 0.3 is 10.2 Å². The van der Waals surface area contributed by atoms with E-state index in [4.69, 9.17) is 0 Å². The molecule has 140 valence electrons. The molecule has 1 aliphatic rings. The number of phenols is 1. The number of aromatic hydroxyl groups is 1. The molecule has 1 fully saturated rings. The lowest BCUT2D eigenvalue weighted by Crippen LogP contribution is -2.30. The number of nitrogens with one attached hydrogen (secondary N) is 2. The van der Waals surface area contributed by atoms with E-state index in [1.54, 1.807) is 4.72 Å².